The quantitative estimate of drug-likeness (QED) is 0.574. The lowest BCUT2D eigenvalue weighted by Gasteiger charge is -1.96. The van der Waals surface area contributed by atoms with Gasteiger partial charge in [0.2, 0.25) is 5.56 Å². The van der Waals surface area contributed by atoms with Crippen LogP contribution in [0.4, 0.5) is 0 Å². The van der Waals surface area contributed by atoms with E-state index in [-0.39, 0.29) is 10.0 Å². The average Bonchev–Trinajstić information content (AvgIpc) is 1.83. The Morgan fingerprint density at radius 1 is 1.33 bits per heavy atom. The summed E-state index contributed by atoms with van der Waals surface area (Å²) in [4.78, 5) is 12.4. The Balaban J connectivity index is 3.49. The minimum absolute atomic E-state index is 0.280. The van der Waals surface area contributed by atoms with Crippen molar-refractivity contribution in [3.63, 3.8) is 0 Å². The number of pyridine rings is 1. The van der Waals surface area contributed by atoms with Crippen LogP contribution < -0.4 is 5.56 Å². The second kappa shape index (κ2) is 3.08. The van der Waals surface area contributed by atoms with Gasteiger partial charge in [-0.3, -0.25) is 4.79 Å². The molecule has 0 aliphatic rings. The molecule has 0 aliphatic carbocycles. The minimum atomic E-state index is -3.88. The average molecular weight is 228 g/mol. The van der Waals surface area contributed by atoms with Gasteiger partial charge in [-0.2, -0.15) is 0 Å². The Hall–Kier alpha value is -0.520. The second-order valence-corrected chi connectivity index (χ2v) is 4.85. The summed E-state index contributed by atoms with van der Waals surface area (Å²) in [5, 5.41) is -0.280. The highest BCUT2D eigenvalue weighted by molar-refractivity contribution is 8.13. The minimum Gasteiger partial charge on any atom is -0.312 e. The molecular weight excluding hydrogens is 225 g/mol. The molecule has 1 aromatic rings. The van der Waals surface area contributed by atoms with Crippen LogP contribution in [0, 0.1) is 0 Å². The van der Waals surface area contributed by atoms with Crippen molar-refractivity contribution in [1.29, 1.82) is 0 Å². The topological polar surface area (TPSA) is 67.0 Å². The third-order valence-electron chi connectivity index (χ3n) is 1.10. The Morgan fingerprint density at radius 3 is 2.33 bits per heavy atom. The molecule has 0 saturated carbocycles. The van der Waals surface area contributed by atoms with Gasteiger partial charge in [-0.05, 0) is 6.07 Å². The maximum atomic E-state index is 10.7. The molecule has 0 atom stereocenters. The first-order chi connectivity index (χ1) is 5.41. The van der Waals surface area contributed by atoms with E-state index >= 15 is 0 Å². The van der Waals surface area contributed by atoms with Crippen molar-refractivity contribution in [1.82, 2.24) is 4.98 Å². The fourth-order valence-electron chi connectivity index (χ4n) is 0.624. The largest absolute Gasteiger partial charge is 0.312 e. The van der Waals surface area contributed by atoms with Crippen molar-refractivity contribution in [2.24, 2.45) is 0 Å². The van der Waals surface area contributed by atoms with Crippen LogP contribution in [0.3, 0.4) is 0 Å². The van der Waals surface area contributed by atoms with Crippen molar-refractivity contribution in [3.05, 3.63) is 27.6 Å². The molecule has 0 amide bonds. The number of aromatic amines is 1. The number of nitrogens with one attached hydrogen (secondary N) is 1. The zero-order valence-electron chi connectivity index (χ0n) is 5.54. The van der Waals surface area contributed by atoms with Gasteiger partial charge in [-0.25, -0.2) is 8.42 Å². The van der Waals surface area contributed by atoms with E-state index < -0.39 is 14.6 Å². The summed E-state index contributed by atoms with van der Waals surface area (Å²) in [6.45, 7) is 0. The fourth-order valence-corrected chi connectivity index (χ4v) is 2.09. The van der Waals surface area contributed by atoms with E-state index in [9.17, 15) is 13.2 Å². The molecule has 1 heterocycles. The van der Waals surface area contributed by atoms with Gasteiger partial charge in [0.1, 0.15) is 10.0 Å². The first-order valence-electron chi connectivity index (χ1n) is 2.75. The molecule has 1 aromatic heterocycles. The highest BCUT2D eigenvalue weighted by Crippen LogP contribution is 2.20. The standard InChI is InChI=1S/C5H3Cl2NO3S/c6-5-3(12(7,10)11)1-2-4(9)8-5/h1-2H,(H,8,9). The lowest BCUT2D eigenvalue weighted by molar-refractivity contribution is 0.609. The molecule has 0 saturated heterocycles. The molecule has 0 radical (unpaired) electrons. The fraction of sp³-hybridized carbons (Fsp3) is 0. The van der Waals surface area contributed by atoms with E-state index in [1.807, 2.05) is 0 Å². The van der Waals surface area contributed by atoms with Gasteiger partial charge < -0.3 is 4.98 Å². The van der Waals surface area contributed by atoms with Crippen LogP contribution in [0.25, 0.3) is 0 Å². The first kappa shape index (κ1) is 9.57. The predicted octanol–water partition coefficient (Wildman–Crippen LogP) is 0.956. The van der Waals surface area contributed by atoms with E-state index in [0.29, 0.717) is 0 Å². The van der Waals surface area contributed by atoms with E-state index in [0.717, 1.165) is 12.1 Å². The molecule has 1 rings (SSSR count). The first-order valence-corrected chi connectivity index (χ1v) is 5.43. The normalized spacial score (nSPS) is 11.5. The van der Waals surface area contributed by atoms with Crippen LogP contribution in [0.5, 0.6) is 0 Å². The van der Waals surface area contributed by atoms with Crippen LogP contribution in [0.15, 0.2) is 21.8 Å². The van der Waals surface area contributed by atoms with Gasteiger partial charge in [0.25, 0.3) is 9.05 Å². The maximum absolute atomic E-state index is 10.7. The Kier molecular flexibility index (Phi) is 2.46. The van der Waals surface area contributed by atoms with Crippen molar-refractivity contribution in [2.75, 3.05) is 0 Å². The summed E-state index contributed by atoms with van der Waals surface area (Å²) in [6.07, 6.45) is 0. The van der Waals surface area contributed by atoms with Gasteiger partial charge in [0.15, 0.2) is 0 Å². The van der Waals surface area contributed by atoms with Gasteiger partial charge in [-0.1, -0.05) is 11.6 Å². The highest BCUT2D eigenvalue weighted by atomic mass is 35.7. The third kappa shape index (κ3) is 2.00. The molecular formula is C5H3Cl2NO3S. The zero-order valence-corrected chi connectivity index (χ0v) is 7.87. The van der Waals surface area contributed by atoms with Crippen LogP contribution >= 0.6 is 22.3 Å². The highest BCUT2D eigenvalue weighted by Gasteiger charge is 2.14. The smallest absolute Gasteiger partial charge is 0.264 e. The Morgan fingerprint density at radius 2 is 1.92 bits per heavy atom. The molecule has 0 fully saturated rings. The zero-order chi connectivity index (χ0) is 9.35. The van der Waals surface area contributed by atoms with E-state index in [1.54, 1.807) is 0 Å². The number of H-pyrrole nitrogens is 1. The summed E-state index contributed by atoms with van der Waals surface area (Å²) >= 11 is 5.39. The van der Waals surface area contributed by atoms with Crippen molar-refractivity contribution in [2.45, 2.75) is 4.90 Å². The van der Waals surface area contributed by atoms with Crippen LogP contribution in [-0.4, -0.2) is 13.4 Å². The summed E-state index contributed by atoms with van der Waals surface area (Å²) in [6, 6.07) is 2.07. The van der Waals surface area contributed by atoms with Gasteiger partial charge >= 0.3 is 0 Å². The molecule has 0 spiro atoms. The Labute approximate surface area is 77.5 Å². The summed E-state index contributed by atoms with van der Waals surface area (Å²) < 4.78 is 21.4. The maximum Gasteiger partial charge on any atom is 0.264 e. The van der Waals surface area contributed by atoms with Crippen LogP contribution in [0.1, 0.15) is 0 Å². The predicted molar refractivity (Wildman–Crippen MR) is 45.1 cm³/mol. The lowest BCUT2D eigenvalue weighted by Crippen LogP contribution is -2.06. The van der Waals surface area contributed by atoms with E-state index in [4.69, 9.17) is 22.3 Å². The van der Waals surface area contributed by atoms with Crippen molar-refractivity contribution >= 4 is 31.3 Å². The molecule has 1 N–H and O–H groups in total. The van der Waals surface area contributed by atoms with E-state index in [2.05, 4.69) is 4.98 Å². The summed E-state index contributed by atoms with van der Waals surface area (Å²) in [5.41, 5.74) is -0.482. The number of rotatable bonds is 1. The second-order valence-electron chi connectivity index (χ2n) is 1.94. The molecule has 4 nitrogen and oxygen atoms in total. The Bertz CT molecular complexity index is 450. The van der Waals surface area contributed by atoms with Crippen molar-refractivity contribution < 1.29 is 8.42 Å². The number of halogens is 2. The SMILES string of the molecule is O=c1ccc(S(=O)(=O)Cl)c(Cl)[nH]1. The van der Waals surface area contributed by atoms with Crippen LogP contribution in [-0.2, 0) is 9.05 Å². The lowest BCUT2D eigenvalue weighted by atomic mass is 10.5. The van der Waals surface area contributed by atoms with Gasteiger partial charge in [-0.15, -0.1) is 0 Å². The molecule has 0 bridgehead atoms. The molecule has 66 valence electrons. The number of hydrogen-bond acceptors (Lipinski definition) is 3. The van der Waals surface area contributed by atoms with E-state index in [1.165, 1.54) is 0 Å². The molecule has 0 unspecified atom stereocenters. The van der Waals surface area contributed by atoms with Crippen LogP contribution in [0.2, 0.25) is 5.15 Å². The molecule has 12 heavy (non-hydrogen) atoms. The monoisotopic (exact) mass is 227 g/mol. The molecule has 7 heteroatoms. The third-order valence-corrected chi connectivity index (χ3v) is 2.87. The number of aromatic nitrogens is 1. The van der Waals surface area contributed by atoms with Gasteiger partial charge in [0, 0.05) is 16.7 Å². The van der Waals surface area contributed by atoms with Gasteiger partial charge in [0.05, 0.1) is 0 Å². The molecule has 0 aliphatic heterocycles. The summed E-state index contributed by atoms with van der Waals surface area (Å²) in [5.74, 6) is 0. The number of hydrogen-bond donors (Lipinski definition) is 1. The molecule has 0 aromatic carbocycles. The summed E-state index contributed by atoms with van der Waals surface area (Å²) in [7, 11) is 1.10. The van der Waals surface area contributed by atoms with Crippen molar-refractivity contribution in [3.8, 4) is 0 Å².